The SMILES string of the molecule is CCCNC(Cc1cccnc1)Cc1ncnn1CCC. The van der Waals surface area contributed by atoms with Crippen molar-refractivity contribution in [2.45, 2.75) is 52.1 Å². The van der Waals surface area contributed by atoms with Crippen molar-refractivity contribution in [1.29, 1.82) is 0 Å². The van der Waals surface area contributed by atoms with Crippen molar-refractivity contribution in [3.8, 4) is 0 Å². The standard InChI is InChI=1S/C16H25N5/c1-3-7-18-15(10-14-6-5-8-17-12-14)11-16-19-13-20-21(16)9-4-2/h5-6,8,12-13,15,18H,3-4,7,9-11H2,1-2H3. The summed E-state index contributed by atoms with van der Waals surface area (Å²) in [4.78, 5) is 8.62. The van der Waals surface area contributed by atoms with E-state index in [2.05, 4.69) is 40.3 Å². The van der Waals surface area contributed by atoms with Crippen LogP contribution >= 0.6 is 0 Å². The summed E-state index contributed by atoms with van der Waals surface area (Å²) in [5.41, 5.74) is 1.26. The van der Waals surface area contributed by atoms with E-state index in [0.717, 1.165) is 44.6 Å². The van der Waals surface area contributed by atoms with Gasteiger partial charge in [0.15, 0.2) is 0 Å². The number of pyridine rings is 1. The van der Waals surface area contributed by atoms with Crippen molar-refractivity contribution < 1.29 is 0 Å². The molecule has 5 heteroatoms. The molecule has 114 valence electrons. The van der Waals surface area contributed by atoms with E-state index in [-0.39, 0.29) is 0 Å². The fourth-order valence-electron chi connectivity index (χ4n) is 2.43. The minimum Gasteiger partial charge on any atom is -0.313 e. The van der Waals surface area contributed by atoms with Crippen LogP contribution < -0.4 is 5.32 Å². The van der Waals surface area contributed by atoms with Crippen molar-refractivity contribution in [2.24, 2.45) is 0 Å². The Morgan fingerprint density at radius 3 is 2.86 bits per heavy atom. The zero-order valence-corrected chi connectivity index (χ0v) is 13.0. The monoisotopic (exact) mass is 287 g/mol. The Morgan fingerprint density at radius 2 is 2.14 bits per heavy atom. The fraction of sp³-hybridized carbons (Fsp3) is 0.562. The lowest BCUT2D eigenvalue weighted by Crippen LogP contribution is -2.34. The maximum Gasteiger partial charge on any atom is 0.138 e. The average molecular weight is 287 g/mol. The Kier molecular flexibility index (Phi) is 6.34. The molecule has 2 aromatic rings. The maximum atomic E-state index is 4.42. The highest BCUT2D eigenvalue weighted by molar-refractivity contribution is 5.11. The Hall–Kier alpha value is -1.75. The third kappa shape index (κ3) is 4.93. The molecule has 5 nitrogen and oxygen atoms in total. The Labute approximate surface area is 126 Å². The fourth-order valence-corrected chi connectivity index (χ4v) is 2.43. The maximum absolute atomic E-state index is 4.42. The van der Waals surface area contributed by atoms with E-state index in [1.807, 2.05) is 23.1 Å². The van der Waals surface area contributed by atoms with Gasteiger partial charge in [0, 0.05) is 31.4 Å². The van der Waals surface area contributed by atoms with E-state index in [0.29, 0.717) is 6.04 Å². The van der Waals surface area contributed by atoms with Crippen LogP contribution in [0.15, 0.2) is 30.9 Å². The van der Waals surface area contributed by atoms with Gasteiger partial charge in [-0.2, -0.15) is 5.10 Å². The summed E-state index contributed by atoms with van der Waals surface area (Å²) < 4.78 is 2.02. The van der Waals surface area contributed by atoms with Crippen LogP contribution in [0.25, 0.3) is 0 Å². The molecule has 0 radical (unpaired) electrons. The second-order valence-corrected chi connectivity index (χ2v) is 5.32. The number of hydrogen-bond acceptors (Lipinski definition) is 4. The lowest BCUT2D eigenvalue weighted by Gasteiger charge is -2.18. The van der Waals surface area contributed by atoms with Crippen LogP contribution in [0.4, 0.5) is 0 Å². The van der Waals surface area contributed by atoms with Crippen LogP contribution in [-0.4, -0.2) is 32.3 Å². The number of hydrogen-bond donors (Lipinski definition) is 1. The Bertz CT molecular complexity index is 508. The van der Waals surface area contributed by atoms with E-state index in [1.54, 1.807) is 6.33 Å². The molecule has 0 fully saturated rings. The molecule has 1 unspecified atom stereocenters. The summed E-state index contributed by atoms with van der Waals surface area (Å²) in [5.74, 6) is 1.06. The summed E-state index contributed by atoms with van der Waals surface area (Å²) in [7, 11) is 0. The van der Waals surface area contributed by atoms with Crippen molar-refractivity contribution >= 4 is 0 Å². The molecule has 2 rings (SSSR count). The number of nitrogens with zero attached hydrogens (tertiary/aromatic N) is 4. The van der Waals surface area contributed by atoms with Crippen LogP contribution in [0.2, 0.25) is 0 Å². The molecule has 2 heterocycles. The predicted octanol–water partition coefficient (Wildman–Crippen LogP) is 2.24. The molecular weight excluding hydrogens is 262 g/mol. The third-order valence-corrected chi connectivity index (χ3v) is 3.45. The molecule has 0 aromatic carbocycles. The van der Waals surface area contributed by atoms with Crippen molar-refractivity contribution in [2.75, 3.05) is 6.54 Å². The molecule has 0 saturated carbocycles. The predicted molar refractivity (Wildman–Crippen MR) is 84.0 cm³/mol. The van der Waals surface area contributed by atoms with Crippen molar-refractivity contribution in [3.63, 3.8) is 0 Å². The normalized spacial score (nSPS) is 12.5. The van der Waals surface area contributed by atoms with Gasteiger partial charge >= 0.3 is 0 Å². The molecule has 0 amide bonds. The van der Waals surface area contributed by atoms with Gasteiger partial charge in [0.2, 0.25) is 0 Å². The van der Waals surface area contributed by atoms with E-state index in [1.165, 1.54) is 5.56 Å². The molecule has 1 atom stereocenters. The number of rotatable bonds is 9. The van der Waals surface area contributed by atoms with Gasteiger partial charge in [-0.1, -0.05) is 19.9 Å². The Balaban J connectivity index is 2.03. The van der Waals surface area contributed by atoms with Gasteiger partial charge in [-0.05, 0) is 37.4 Å². The van der Waals surface area contributed by atoms with Gasteiger partial charge in [0.1, 0.15) is 12.2 Å². The van der Waals surface area contributed by atoms with Crippen molar-refractivity contribution in [3.05, 3.63) is 42.2 Å². The Morgan fingerprint density at radius 1 is 1.24 bits per heavy atom. The third-order valence-electron chi connectivity index (χ3n) is 3.45. The molecular formula is C16H25N5. The molecule has 21 heavy (non-hydrogen) atoms. The number of aryl methyl sites for hydroxylation is 1. The highest BCUT2D eigenvalue weighted by atomic mass is 15.3. The first kappa shape index (κ1) is 15.6. The van der Waals surface area contributed by atoms with E-state index < -0.39 is 0 Å². The zero-order chi connectivity index (χ0) is 14.9. The van der Waals surface area contributed by atoms with Gasteiger partial charge in [0.05, 0.1) is 0 Å². The first-order valence-corrected chi connectivity index (χ1v) is 7.82. The largest absolute Gasteiger partial charge is 0.313 e. The molecule has 0 saturated heterocycles. The molecule has 1 N–H and O–H groups in total. The highest BCUT2D eigenvalue weighted by Crippen LogP contribution is 2.07. The van der Waals surface area contributed by atoms with Crippen molar-refractivity contribution in [1.82, 2.24) is 25.1 Å². The molecule has 0 spiro atoms. The van der Waals surface area contributed by atoms with Gasteiger partial charge < -0.3 is 5.32 Å². The minimum atomic E-state index is 0.369. The summed E-state index contributed by atoms with van der Waals surface area (Å²) in [5, 5.41) is 7.93. The van der Waals surface area contributed by atoms with E-state index in [9.17, 15) is 0 Å². The molecule has 0 aliphatic carbocycles. The minimum absolute atomic E-state index is 0.369. The second kappa shape index (κ2) is 8.52. The quantitative estimate of drug-likeness (QED) is 0.768. The summed E-state index contributed by atoms with van der Waals surface area (Å²) in [6.07, 6.45) is 9.48. The summed E-state index contributed by atoms with van der Waals surface area (Å²) >= 11 is 0. The van der Waals surface area contributed by atoms with Gasteiger partial charge in [-0.25, -0.2) is 4.98 Å². The summed E-state index contributed by atoms with van der Waals surface area (Å²) in [6, 6.07) is 4.49. The highest BCUT2D eigenvalue weighted by Gasteiger charge is 2.14. The summed E-state index contributed by atoms with van der Waals surface area (Å²) in [6.45, 7) is 6.30. The van der Waals surface area contributed by atoms with Crippen LogP contribution in [0.5, 0.6) is 0 Å². The van der Waals surface area contributed by atoms with Gasteiger partial charge in [0.25, 0.3) is 0 Å². The number of nitrogens with one attached hydrogen (secondary N) is 1. The molecule has 2 aromatic heterocycles. The smallest absolute Gasteiger partial charge is 0.138 e. The van der Waals surface area contributed by atoms with Crippen LogP contribution in [0.1, 0.15) is 38.1 Å². The zero-order valence-electron chi connectivity index (χ0n) is 13.0. The molecule has 0 aliphatic rings. The lowest BCUT2D eigenvalue weighted by atomic mass is 10.0. The molecule has 0 bridgehead atoms. The van der Waals surface area contributed by atoms with Crippen LogP contribution in [-0.2, 0) is 19.4 Å². The van der Waals surface area contributed by atoms with Gasteiger partial charge in [-0.3, -0.25) is 9.67 Å². The van der Waals surface area contributed by atoms with E-state index in [4.69, 9.17) is 0 Å². The first-order chi connectivity index (χ1) is 10.3. The lowest BCUT2D eigenvalue weighted by molar-refractivity contribution is 0.471. The first-order valence-electron chi connectivity index (χ1n) is 7.82. The second-order valence-electron chi connectivity index (χ2n) is 5.32. The topological polar surface area (TPSA) is 55.6 Å². The molecule has 0 aliphatic heterocycles. The van der Waals surface area contributed by atoms with Crippen LogP contribution in [0.3, 0.4) is 0 Å². The number of aromatic nitrogens is 4. The van der Waals surface area contributed by atoms with Crippen LogP contribution in [0, 0.1) is 0 Å². The average Bonchev–Trinajstić information content (AvgIpc) is 2.93. The van der Waals surface area contributed by atoms with E-state index >= 15 is 0 Å². The van der Waals surface area contributed by atoms with Gasteiger partial charge in [-0.15, -0.1) is 0 Å².